The number of carbonyl (C=O) groups is 1. The first-order chi connectivity index (χ1) is 10.6. The Balaban J connectivity index is 0.00000144. The molecule has 1 amide bonds. The number of morpholine rings is 1. The molecule has 1 aliphatic heterocycles. The summed E-state index contributed by atoms with van der Waals surface area (Å²) in [7, 11) is 0. The van der Waals surface area contributed by atoms with E-state index in [-0.39, 0.29) is 42.6 Å². The number of hydrogen-bond acceptors (Lipinski definition) is 4. The predicted molar refractivity (Wildman–Crippen MR) is 95.2 cm³/mol. The molecule has 1 unspecified atom stereocenters. The van der Waals surface area contributed by atoms with Crippen LogP contribution in [0.3, 0.4) is 0 Å². The molecule has 1 saturated carbocycles. The van der Waals surface area contributed by atoms with Crippen LogP contribution in [-0.2, 0) is 9.53 Å². The highest BCUT2D eigenvalue weighted by molar-refractivity contribution is 5.89. The van der Waals surface area contributed by atoms with Gasteiger partial charge in [0.2, 0.25) is 5.91 Å². The Hall–Kier alpha value is -0.920. The largest absolute Gasteiger partial charge is 0.379 e. The summed E-state index contributed by atoms with van der Waals surface area (Å²) in [6, 6.07) is 6.47. The van der Waals surface area contributed by atoms with Gasteiger partial charge in [-0.3, -0.25) is 9.69 Å². The second kappa shape index (κ2) is 8.97. The molecular formula is C16H24Cl2FN3O2. The van der Waals surface area contributed by atoms with E-state index in [2.05, 4.69) is 10.2 Å². The van der Waals surface area contributed by atoms with Gasteiger partial charge in [-0.2, -0.15) is 0 Å². The molecule has 1 saturated heterocycles. The number of halogens is 3. The van der Waals surface area contributed by atoms with Crippen LogP contribution in [0.15, 0.2) is 24.3 Å². The molecule has 8 heteroatoms. The van der Waals surface area contributed by atoms with Crippen LogP contribution >= 0.6 is 24.8 Å². The number of hydrogen-bond donors (Lipinski definition) is 2. The fourth-order valence-electron chi connectivity index (χ4n) is 2.76. The lowest BCUT2D eigenvalue weighted by molar-refractivity contribution is -0.123. The van der Waals surface area contributed by atoms with E-state index in [1.807, 2.05) is 0 Å². The van der Waals surface area contributed by atoms with Gasteiger partial charge in [0.1, 0.15) is 5.82 Å². The summed E-state index contributed by atoms with van der Waals surface area (Å²) in [5, 5.41) is 2.96. The minimum atomic E-state index is -0.668. The number of benzene rings is 1. The lowest BCUT2D eigenvalue weighted by Crippen LogP contribution is -2.48. The Morgan fingerprint density at radius 2 is 1.83 bits per heavy atom. The maximum Gasteiger partial charge on any atom is 0.240 e. The zero-order valence-corrected chi connectivity index (χ0v) is 15.0. The normalized spacial score (nSPS) is 20.2. The van der Waals surface area contributed by atoms with E-state index in [9.17, 15) is 9.18 Å². The van der Waals surface area contributed by atoms with E-state index in [1.54, 1.807) is 12.1 Å². The second-order valence-corrected chi connectivity index (χ2v) is 6.08. The Morgan fingerprint density at radius 3 is 2.38 bits per heavy atom. The van der Waals surface area contributed by atoms with Gasteiger partial charge in [-0.05, 0) is 30.5 Å². The van der Waals surface area contributed by atoms with Gasteiger partial charge in [0.25, 0.3) is 0 Å². The third kappa shape index (κ3) is 5.04. The van der Waals surface area contributed by atoms with Crippen LogP contribution < -0.4 is 11.1 Å². The van der Waals surface area contributed by atoms with Gasteiger partial charge >= 0.3 is 0 Å². The third-order valence-corrected chi connectivity index (χ3v) is 4.44. The van der Waals surface area contributed by atoms with Crippen molar-refractivity contribution in [2.24, 2.45) is 5.73 Å². The third-order valence-electron chi connectivity index (χ3n) is 4.44. The SMILES string of the molecule is Cl.Cl.NC1(C(=O)NCC(c2ccc(F)cc2)N2CCOCC2)CC1. The maximum absolute atomic E-state index is 13.2. The van der Waals surface area contributed by atoms with Crippen molar-refractivity contribution in [3.63, 3.8) is 0 Å². The van der Waals surface area contributed by atoms with E-state index in [1.165, 1.54) is 12.1 Å². The number of nitrogens with two attached hydrogens (primary N) is 1. The molecule has 1 aliphatic carbocycles. The lowest BCUT2D eigenvalue weighted by Gasteiger charge is -2.35. The second-order valence-electron chi connectivity index (χ2n) is 6.08. The van der Waals surface area contributed by atoms with Crippen molar-refractivity contribution in [3.8, 4) is 0 Å². The quantitative estimate of drug-likeness (QED) is 0.815. The summed E-state index contributed by atoms with van der Waals surface area (Å²) >= 11 is 0. The zero-order chi connectivity index (χ0) is 15.6. The Bertz CT molecular complexity index is 535. The molecule has 0 aromatic heterocycles. The average Bonchev–Trinajstić information content (AvgIpc) is 3.29. The standard InChI is InChI=1S/C16H22FN3O2.2ClH/c17-13-3-1-12(2-4-13)14(20-7-9-22-10-8-20)11-19-15(21)16(18)5-6-16;;/h1-4,14H,5-11,18H2,(H,19,21);2*1H. The zero-order valence-electron chi connectivity index (χ0n) is 13.4. The van der Waals surface area contributed by atoms with Gasteiger partial charge in [-0.1, -0.05) is 12.1 Å². The van der Waals surface area contributed by atoms with Gasteiger partial charge < -0.3 is 15.8 Å². The molecule has 1 atom stereocenters. The van der Waals surface area contributed by atoms with Crippen LogP contribution in [0.2, 0.25) is 0 Å². The summed E-state index contributed by atoms with van der Waals surface area (Å²) in [5.74, 6) is -0.347. The molecule has 24 heavy (non-hydrogen) atoms. The van der Waals surface area contributed by atoms with E-state index in [0.717, 1.165) is 31.5 Å². The summed E-state index contributed by atoms with van der Waals surface area (Å²) in [6.07, 6.45) is 1.50. The van der Waals surface area contributed by atoms with Crippen LogP contribution in [0.25, 0.3) is 0 Å². The van der Waals surface area contributed by atoms with Crippen molar-refractivity contribution in [2.75, 3.05) is 32.8 Å². The summed E-state index contributed by atoms with van der Waals surface area (Å²) in [5.41, 5.74) is 6.24. The molecule has 0 bridgehead atoms. The van der Waals surface area contributed by atoms with Crippen LogP contribution in [0.1, 0.15) is 24.4 Å². The number of nitrogens with one attached hydrogen (secondary N) is 1. The Labute approximate surface area is 153 Å². The molecular weight excluding hydrogens is 356 g/mol. The minimum Gasteiger partial charge on any atom is -0.379 e. The van der Waals surface area contributed by atoms with Gasteiger partial charge in [-0.25, -0.2) is 4.39 Å². The predicted octanol–water partition coefficient (Wildman–Crippen LogP) is 1.65. The Kier molecular flexibility index (Phi) is 7.89. The number of amides is 1. The van der Waals surface area contributed by atoms with Crippen molar-refractivity contribution < 1.29 is 13.9 Å². The minimum absolute atomic E-state index is 0. The topological polar surface area (TPSA) is 67.6 Å². The first-order valence-electron chi connectivity index (χ1n) is 7.73. The fraction of sp³-hybridized carbons (Fsp3) is 0.562. The summed E-state index contributed by atoms with van der Waals surface area (Å²) in [6.45, 7) is 3.42. The lowest BCUT2D eigenvalue weighted by atomic mass is 10.0. The van der Waals surface area contributed by atoms with Crippen molar-refractivity contribution in [2.45, 2.75) is 24.4 Å². The first kappa shape index (κ1) is 21.1. The average molecular weight is 380 g/mol. The van der Waals surface area contributed by atoms with Crippen LogP contribution in [-0.4, -0.2) is 49.2 Å². The Morgan fingerprint density at radius 1 is 1.25 bits per heavy atom. The van der Waals surface area contributed by atoms with Crippen molar-refractivity contribution >= 4 is 30.7 Å². The molecule has 1 heterocycles. The van der Waals surface area contributed by atoms with Crippen LogP contribution in [0.5, 0.6) is 0 Å². The molecule has 3 rings (SSSR count). The molecule has 0 spiro atoms. The highest BCUT2D eigenvalue weighted by Gasteiger charge is 2.46. The van der Waals surface area contributed by atoms with E-state index in [4.69, 9.17) is 10.5 Å². The summed E-state index contributed by atoms with van der Waals surface area (Å²) < 4.78 is 18.5. The molecule has 3 N–H and O–H groups in total. The van der Waals surface area contributed by atoms with E-state index in [0.29, 0.717) is 19.8 Å². The van der Waals surface area contributed by atoms with Gasteiger partial charge in [0.15, 0.2) is 0 Å². The molecule has 1 aromatic rings. The van der Waals surface area contributed by atoms with E-state index < -0.39 is 5.54 Å². The van der Waals surface area contributed by atoms with E-state index >= 15 is 0 Å². The fourth-order valence-corrected chi connectivity index (χ4v) is 2.76. The molecule has 2 fully saturated rings. The van der Waals surface area contributed by atoms with Gasteiger partial charge in [0, 0.05) is 19.6 Å². The molecule has 1 aromatic carbocycles. The highest BCUT2D eigenvalue weighted by atomic mass is 35.5. The smallest absolute Gasteiger partial charge is 0.240 e. The van der Waals surface area contributed by atoms with Crippen molar-refractivity contribution in [1.82, 2.24) is 10.2 Å². The monoisotopic (exact) mass is 379 g/mol. The summed E-state index contributed by atoms with van der Waals surface area (Å²) in [4.78, 5) is 14.3. The molecule has 136 valence electrons. The van der Waals surface area contributed by atoms with Crippen molar-refractivity contribution in [3.05, 3.63) is 35.6 Å². The van der Waals surface area contributed by atoms with Crippen LogP contribution in [0.4, 0.5) is 4.39 Å². The molecule has 2 aliphatic rings. The number of nitrogens with zero attached hydrogens (tertiary/aromatic N) is 1. The van der Waals surface area contributed by atoms with Crippen LogP contribution in [0, 0.1) is 5.82 Å². The maximum atomic E-state index is 13.2. The van der Waals surface area contributed by atoms with Gasteiger partial charge in [-0.15, -0.1) is 24.8 Å². The number of rotatable bonds is 5. The molecule has 5 nitrogen and oxygen atoms in total. The van der Waals surface area contributed by atoms with Crippen molar-refractivity contribution in [1.29, 1.82) is 0 Å². The number of carbonyl (C=O) groups excluding carboxylic acids is 1. The highest BCUT2D eigenvalue weighted by Crippen LogP contribution is 2.32. The first-order valence-corrected chi connectivity index (χ1v) is 7.73. The van der Waals surface area contributed by atoms with Gasteiger partial charge in [0.05, 0.1) is 24.8 Å². The molecule has 0 radical (unpaired) electrons. The number of ether oxygens (including phenoxy) is 1.